The van der Waals surface area contributed by atoms with Crippen molar-refractivity contribution >= 4 is 10.9 Å². The Morgan fingerprint density at radius 2 is 1.86 bits per heavy atom. The predicted octanol–water partition coefficient (Wildman–Crippen LogP) is 0.790. The van der Waals surface area contributed by atoms with E-state index in [1.165, 1.54) is 7.05 Å². The third-order valence-electron chi connectivity index (χ3n) is 3.73. The number of nitrogens with zero attached hydrogens (tertiary/aromatic N) is 4. The van der Waals surface area contributed by atoms with E-state index >= 15 is 0 Å². The van der Waals surface area contributed by atoms with E-state index in [0.29, 0.717) is 17.4 Å². The molecular weight excluding hydrogens is 268 g/mol. The molecule has 21 heavy (non-hydrogen) atoms. The first kappa shape index (κ1) is 13.4. The smallest absolute Gasteiger partial charge is 0.287 e. The van der Waals surface area contributed by atoms with Crippen molar-refractivity contribution in [1.29, 1.82) is 0 Å². The minimum atomic E-state index is -0.331. The predicted molar refractivity (Wildman–Crippen MR) is 80.5 cm³/mol. The quantitative estimate of drug-likeness (QED) is 0.699. The Balaban J connectivity index is 2.27. The zero-order chi connectivity index (χ0) is 15.1. The van der Waals surface area contributed by atoms with Crippen LogP contribution in [0.2, 0.25) is 0 Å². The molecule has 6 heteroatoms. The van der Waals surface area contributed by atoms with Gasteiger partial charge in [-0.3, -0.25) is 18.6 Å². The summed E-state index contributed by atoms with van der Waals surface area (Å²) in [7, 11) is 3.36. The molecule has 3 rings (SSSR count). The molecule has 0 aliphatic heterocycles. The normalized spacial score (nSPS) is 11.2. The number of hydrogen-bond donors (Lipinski definition) is 0. The van der Waals surface area contributed by atoms with E-state index < -0.39 is 0 Å². The van der Waals surface area contributed by atoms with E-state index in [9.17, 15) is 9.59 Å². The summed E-state index contributed by atoms with van der Waals surface area (Å²) in [6.07, 6.45) is 0. The molecule has 0 saturated heterocycles. The van der Waals surface area contributed by atoms with Crippen LogP contribution in [0.4, 0.5) is 0 Å². The van der Waals surface area contributed by atoms with Crippen molar-refractivity contribution in [1.82, 2.24) is 18.9 Å². The second-order valence-electron chi connectivity index (χ2n) is 5.15. The number of hydrogen-bond acceptors (Lipinski definition) is 3. The van der Waals surface area contributed by atoms with Crippen LogP contribution in [0.15, 0.2) is 39.9 Å². The number of fused-ring (bicyclic) bond motifs is 1. The summed E-state index contributed by atoms with van der Waals surface area (Å²) in [5, 5.41) is 4.91. The van der Waals surface area contributed by atoms with Gasteiger partial charge in [0.05, 0.1) is 23.1 Å². The Morgan fingerprint density at radius 1 is 1.14 bits per heavy atom. The van der Waals surface area contributed by atoms with Gasteiger partial charge < -0.3 is 0 Å². The lowest BCUT2D eigenvalue weighted by Crippen LogP contribution is -2.38. The van der Waals surface area contributed by atoms with Gasteiger partial charge in [-0.2, -0.15) is 5.10 Å². The van der Waals surface area contributed by atoms with Crippen LogP contribution in [0.25, 0.3) is 10.9 Å². The van der Waals surface area contributed by atoms with Gasteiger partial charge in [0, 0.05) is 19.8 Å². The molecule has 2 aromatic heterocycles. The van der Waals surface area contributed by atoms with Gasteiger partial charge in [0.2, 0.25) is 0 Å². The number of aromatic nitrogens is 4. The highest BCUT2D eigenvalue weighted by molar-refractivity contribution is 5.77. The summed E-state index contributed by atoms with van der Waals surface area (Å²) in [4.78, 5) is 24.5. The van der Waals surface area contributed by atoms with Crippen LogP contribution in [-0.4, -0.2) is 18.9 Å². The van der Waals surface area contributed by atoms with Gasteiger partial charge in [-0.1, -0.05) is 12.1 Å². The van der Waals surface area contributed by atoms with Crippen molar-refractivity contribution in [3.63, 3.8) is 0 Å². The maximum absolute atomic E-state index is 12.4. The molecular formula is C15H16N4O2. The molecule has 0 bridgehead atoms. The molecule has 0 saturated carbocycles. The van der Waals surface area contributed by atoms with Crippen LogP contribution < -0.4 is 11.2 Å². The van der Waals surface area contributed by atoms with Gasteiger partial charge in [-0.25, -0.2) is 4.79 Å². The SMILES string of the molecule is Cc1cc(Cn2c(=O)n(C)c(=O)c3ccccc32)nn1C. The molecule has 0 aliphatic carbocycles. The van der Waals surface area contributed by atoms with Crippen molar-refractivity contribution in [3.8, 4) is 0 Å². The summed E-state index contributed by atoms with van der Waals surface area (Å²) in [6, 6.07) is 9.07. The van der Waals surface area contributed by atoms with E-state index in [1.807, 2.05) is 26.1 Å². The number of para-hydroxylation sites is 1. The van der Waals surface area contributed by atoms with E-state index in [4.69, 9.17) is 0 Å². The fraction of sp³-hybridized carbons (Fsp3) is 0.267. The lowest BCUT2D eigenvalue weighted by Gasteiger charge is -2.10. The standard InChI is InChI=1S/C15H16N4O2/c1-10-8-11(16-18(10)3)9-19-13-7-5-4-6-12(13)14(20)17(2)15(19)21/h4-8H,9H2,1-3H3. The van der Waals surface area contributed by atoms with E-state index in [1.54, 1.807) is 27.4 Å². The highest BCUT2D eigenvalue weighted by Gasteiger charge is 2.12. The van der Waals surface area contributed by atoms with E-state index in [0.717, 1.165) is 16.0 Å². The molecule has 1 aromatic carbocycles. The van der Waals surface area contributed by atoms with Gasteiger partial charge >= 0.3 is 5.69 Å². The summed E-state index contributed by atoms with van der Waals surface area (Å²) in [5.41, 5.74) is 1.84. The van der Waals surface area contributed by atoms with Crippen LogP contribution in [0, 0.1) is 6.92 Å². The summed E-state index contributed by atoms with van der Waals surface area (Å²) in [6.45, 7) is 2.30. The van der Waals surface area contributed by atoms with Gasteiger partial charge in [0.25, 0.3) is 5.56 Å². The molecule has 108 valence electrons. The molecule has 2 heterocycles. The van der Waals surface area contributed by atoms with Crippen LogP contribution in [0.5, 0.6) is 0 Å². The Hall–Kier alpha value is -2.63. The Kier molecular flexibility index (Phi) is 3.01. The lowest BCUT2D eigenvalue weighted by molar-refractivity contribution is 0.648. The summed E-state index contributed by atoms with van der Waals surface area (Å²) in [5.74, 6) is 0. The zero-order valence-corrected chi connectivity index (χ0v) is 12.2. The van der Waals surface area contributed by atoms with E-state index in [-0.39, 0.29) is 11.2 Å². The molecule has 6 nitrogen and oxygen atoms in total. The molecule has 0 atom stereocenters. The molecule has 0 fully saturated rings. The van der Waals surface area contributed by atoms with Crippen LogP contribution >= 0.6 is 0 Å². The number of rotatable bonds is 2. The van der Waals surface area contributed by atoms with Gasteiger partial charge in [0.1, 0.15) is 0 Å². The highest BCUT2D eigenvalue weighted by Crippen LogP contribution is 2.10. The maximum Gasteiger partial charge on any atom is 0.331 e. The average Bonchev–Trinajstić information content (AvgIpc) is 2.80. The molecule has 3 aromatic rings. The molecule has 0 aliphatic rings. The minimum Gasteiger partial charge on any atom is -0.287 e. The van der Waals surface area contributed by atoms with Crippen molar-refractivity contribution in [3.05, 3.63) is 62.6 Å². The van der Waals surface area contributed by atoms with Crippen LogP contribution in [0.3, 0.4) is 0 Å². The first-order valence-electron chi connectivity index (χ1n) is 6.67. The van der Waals surface area contributed by atoms with Gasteiger partial charge in [-0.05, 0) is 25.1 Å². The monoisotopic (exact) mass is 284 g/mol. The first-order chi connectivity index (χ1) is 9.99. The number of aryl methyl sites for hydroxylation is 2. The van der Waals surface area contributed by atoms with Gasteiger partial charge in [0.15, 0.2) is 0 Å². The van der Waals surface area contributed by atoms with Crippen LogP contribution in [0.1, 0.15) is 11.4 Å². The third-order valence-corrected chi connectivity index (χ3v) is 3.73. The average molecular weight is 284 g/mol. The Bertz CT molecular complexity index is 927. The van der Waals surface area contributed by atoms with E-state index in [2.05, 4.69) is 5.10 Å². The third kappa shape index (κ3) is 2.08. The lowest BCUT2D eigenvalue weighted by atomic mass is 10.2. The largest absolute Gasteiger partial charge is 0.331 e. The molecule has 0 unspecified atom stereocenters. The highest BCUT2D eigenvalue weighted by atomic mass is 16.2. The molecule has 0 radical (unpaired) electrons. The molecule has 0 amide bonds. The summed E-state index contributed by atoms with van der Waals surface area (Å²) < 4.78 is 4.49. The minimum absolute atomic E-state index is 0.274. The second kappa shape index (κ2) is 4.73. The fourth-order valence-electron chi connectivity index (χ4n) is 2.47. The molecule has 0 spiro atoms. The molecule has 0 N–H and O–H groups in total. The van der Waals surface area contributed by atoms with Crippen LogP contribution in [-0.2, 0) is 20.6 Å². The first-order valence-corrected chi connectivity index (χ1v) is 6.67. The van der Waals surface area contributed by atoms with Crippen molar-refractivity contribution in [2.75, 3.05) is 0 Å². The van der Waals surface area contributed by atoms with Crippen molar-refractivity contribution in [2.45, 2.75) is 13.5 Å². The Morgan fingerprint density at radius 3 is 2.52 bits per heavy atom. The Labute approximate surface area is 120 Å². The number of benzene rings is 1. The van der Waals surface area contributed by atoms with Crippen molar-refractivity contribution in [2.24, 2.45) is 14.1 Å². The van der Waals surface area contributed by atoms with Crippen molar-refractivity contribution < 1.29 is 0 Å². The maximum atomic E-state index is 12.4. The summed E-state index contributed by atoms with van der Waals surface area (Å²) >= 11 is 0. The zero-order valence-electron chi connectivity index (χ0n) is 12.2. The fourth-order valence-corrected chi connectivity index (χ4v) is 2.47. The second-order valence-corrected chi connectivity index (χ2v) is 5.15. The van der Waals surface area contributed by atoms with Gasteiger partial charge in [-0.15, -0.1) is 0 Å². The topological polar surface area (TPSA) is 61.8 Å².